The van der Waals surface area contributed by atoms with Gasteiger partial charge in [0.2, 0.25) is 5.95 Å². The maximum atomic E-state index is 13.2. The van der Waals surface area contributed by atoms with E-state index in [0.29, 0.717) is 11.5 Å². The summed E-state index contributed by atoms with van der Waals surface area (Å²) in [4.78, 5) is 4.36. The minimum atomic E-state index is -0.479. The molecule has 0 radical (unpaired) electrons. The van der Waals surface area contributed by atoms with Gasteiger partial charge in [-0.3, -0.25) is 0 Å². The molecule has 0 saturated carbocycles. The zero-order chi connectivity index (χ0) is 16.9. The van der Waals surface area contributed by atoms with Crippen molar-refractivity contribution in [2.75, 3.05) is 10.6 Å². The number of hydrogen-bond donors (Lipinski definition) is 2. The Hall–Kier alpha value is -2.73. The summed E-state index contributed by atoms with van der Waals surface area (Å²) in [5, 5.41) is 14.1. The Kier molecular flexibility index (Phi) is 4.86. The number of para-hydroxylation sites is 1. The van der Waals surface area contributed by atoms with Gasteiger partial charge in [0, 0.05) is 11.4 Å². The Morgan fingerprint density at radius 1 is 1.12 bits per heavy atom. The van der Waals surface area contributed by atoms with Crippen molar-refractivity contribution < 1.29 is 4.39 Å². The van der Waals surface area contributed by atoms with Gasteiger partial charge >= 0.3 is 0 Å². The van der Waals surface area contributed by atoms with Crippen molar-refractivity contribution in [3.63, 3.8) is 0 Å². The Morgan fingerprint density at radius 2 is 1.96 bits per heavy atom. The number of nitrogens with one attached hydrogen (secondary N) is 2. The molecule has 0 amide bonds. The van der Waals surface area contributed by atoms with E-state index in [1.807, 2.05) is 18.2 Å². The average molecular weight is 344 g/mol. The van der Waals surface area contributed by atoms with Gasteiger partial charge < -0.3 is 10.6 Å². The number of anilines is 4. The average Bonchev–Trinajstić information content (AvgIpc) is 2.59. The van der Waals surface area contributed by atoms with Crippen LogP contribution < -0.4 is 10.6 Å². The minimum absolute atomic E-state index is 0.0270. The number of hydrogen-bond acceptors (Lipinski definition) is 5. The highest BCUT2D eigenvalue weighted by Gasteiger charge is 2.06. The molecule has 1 heterocycles. The molecule has 0 bridgehead atoms. The molecule has 3 rings (SSSR count). The van der Waals surface area contributed by atoms with Crippen molar-refractivity contribution in [1.29, 1.82) is 0 Å². The second-order valence-corrected chi connectivity index (χ2v) is 5.46. The zero-order valence-electron chi connectivity index (χ0n) is 12.9. The molecule has 0 fully saturated rings. The lowest BCUT2D eigenvalue weighted by atomic mass is 10.1. The van der Waals surface area contributed by atoms with Crippen LogP contribution in [0.4, 0.5) is 27.5 Å². The highest BCUT2D eigenvalue weighted by molar-refractivity contribution is 6.31. The standard InChI is InChI=1S/C17H15ClFN5/c1-2-11-5-3-4-6-15(11)22-16-10-20-24-17(23-16)21-12-7-8-14(19)13(18)9-12/h3-10H,2H2,1H3,(H2,21,22,23,24). The Labute approximate surface area is 143 Å². The predicted octanol–water partition coefficient (Wildman–Crippen LogP) is 4.71. The van der Waals surface area contributed by atoms with Crippen molar-refractivity contribution in [2.24, 2.45) is 0 Å². The first-order valence-electron chi connectivity index (χ1n) is 7.42. The Morgan fingerprint density at radius 3 is 2.75 bits per heavy atom. The lowest BCUT2D eigenvalue weighted by molar-refractivity contribution is 0.628. The number of benzene rings is 2. The summed E-state index contributed by atoms with van der Waals surface area (Å²) in [6.45, 7) is 2.09. The van der Waals surface area contributed by atoms with Gasteiger partial charge in [-0.05, 0) is 36.2 Å². The van der Waals surface area contributed by atoms with E-state index in [-0.39, 0.29) is 11.0 Å². The highest BCUT2D eigenvalue weighted by Crippen LogP contribution is 2.23. The van der Waals surface area contributed by atoms with Crippen molar-refractivity contribution in [1.82, 2.24) is 15.2 Å². The molecule has 1 aromatic heterocycles. The number of aryl methyl sites for hydroxylation is 1. The lowest BCUT2D eigenvalue weighted by Gasteiger charge is -2.11. The summed E-state index contributed by atoms with van der Waals surface area (Å²) in [5.41, 5.74) is 2.72. The fourth-order valence-electron chi connectivity index (χ4n) is 2.21. The topological polar surface area (TPSA) is 62.7 Å². The minimum Gasteiger partial charge on any atom is -0.339 e. The van der Waals surface area contributed by atoms with Crippen LogP contribution >= 0.6 is 11.6 Å². The summed E-state index contributed by atoms with van der Waals surface area (Å²) in [6.07, 6.45) is 2.44. The summed E-state index contributed by atoms with van der Waals surface area (Å²) >= 11 is 5.77. The number of rotatable bonds is 5. The first-order chi connectivity index (χ1) is 11.7. The van der Waals surface area contributed by atoms with Crippen molar-refractivity contribution in [2.45, 2.75) is 13.3 Å². The van der Waals surface area contributed by atoms with Crippen LogP contribution in [0.5, 0.6) is 0 Å². The summed E-state index contributed by atoms with van der Waals surface area (Å²) in [5.74, 6) is 0.367. The van der Waals surface area contributed by atoms with E-state index in [0.717, 1.165) is 12.1 Å². The molecule has 0 unspecified atom stereocenters. The molecule has 0 spiro atoms. The van der Waals surface area contributed by atoms with Gasteiger partial charge in [-0.1, -0.05) is 36.7 Å². The summed E-state index contributed by atoms with van der Waals surface area (Å²) in [6, 6.07) is 12.3. The number of halogens is 2. The van der Waals surface area contributed by atoms with E-state index < -0.39 is 5.82 Å². The molecule has 0 aliphatic rings. The van der Waals surface area contributed by atoms with Crippen LogP contribution in [0.25, 0.3) is 0 Å². The van der Waals surface area contributed by atoms with Crippen LogP contribution in [0.3, 0.4) is 0 Å². The first-order valence-corrected chi connectivity index (χ1v) is 7.80. The van der Waals surface area contributed by atoms with Crippen LogP contribution in [-0.4, -0.2) is 15.2 Å². The predicted molar refractivity (Wildman–Crippen MR) is 93.6 cm³/mol. The van der Waals surface area contributed by atoms with Crippen LogP contribution in [-0.2, 0) is 6.42 Å². The fourth-order valence-corrected chi connectivity index (χ4v) is 2.39. The van der Waals surface area contributed by atoms with E-state index >= 15 is 0 Å². The molecule has 122 valence electrons. The monoisotopic (exact) mass is 343 g/mol. The molecule has 0 atom stereocenters. The Bertz CT molecular complexity index is 856. The molecule has 24 heavy (non-hydrogen) atoms. The van der Waals surface area contributed by atoms with Crippen molar-refractivity contribution in [3.8, 4) is 0 Å². The van der Waals surface area contributed by atoms with E-state index in [1.165, 1.54) is 23.9 Å². The van der Waals surface area contributed by atoms with Crippen LogP contribution in [0.1, 0.15) is 12.5 Å². The van der Waals surface area contributed by atoms with Crippen molar-refractivity contribution >= 4 is 34.7 Å². The van der Waals surface area contributed by atoms with Crippen LogP contribution in [0, 0.1) is 5.82 Å². The van der Waals surface area contributed by atoms with Crippen LogP contribution in [0.15, 0.2) is 48.7 Å². The number of nitrogens with zero attached hydrogens (tertiary/aromatic N) is 3. The van der Waals surface area contributed by atoms with Gasteiger partial charge in [-0.15, -0.1) is 5.10 Å². The maximum Gasteiger partial charge on any atom is 0.249 e. The third-order valence-corrected chi connectivity index (χ3v) is 3.69. The van der Waals surface area contributed by atoms with Gasteiger partial charge in [0.05, 0.1) is 11.2 Å². The Balaban J connectivity index is 1.80. The normalized spacial score (nSPS) is 10.5. The van der Waals surface area contributed by atoms with Crippen LogP contribution in [0.2, 0.25) is 5.02 Å². The third kappa shape index (κ3) is 3.78. The molecule has 0 saturated heterocycles. The maximum absolute atomic E-state index is 13.2. The molecule has 5 nitrogen and oxygen atoms in total. The van der Waals surface area contributed by atoms with Gasteiger partial charge in [0.15, 0.2) is 5.82 Å². The number of aromatic nitrogens is 3. The quantitative estimate of drug-likeness (QED) is 0.702. The third-order valence-electron chi connectivity index (χ3n) is 3.40. The second-order valence-electron chi connectivity index (χ2n) is 5.05. The van der Waals surface area contributed by atoms with E-state index in [2.05, 4.69) is 38.8 Å². The molecule has 0 aliphatic heterocycles. The summed E-state index contributed by atoms with van der Waals surface area (Å²) < 4.78 is 13.2. The zero-order valence-corrected chi connectivity index (χ0v) is 13.7. The molecule has 2 aromatic carbocycles. The molecule has 3 aromatic rings. The van der Waals surface area contributed by atoms with Gasteiger partial charge in [-0.25, -0.2) is 4.39 Å². The van der Waals surface area contributed by atoms with E-state index in [1.54, 1.807) is 6.07 Å². The van der Waals surface area contributed by atoms with Gasteiger partial charge in [0.25, 0.3) is 0 Å². The summed E-state index contributed by atoms with van der Waals surface area (Å²) in [7, 11) is 0. The van der Waals surface area contributed by atoms with E-state index in [4.69, 9.17) is 11.6 Å². The molecule has 0 aliphatic carbocycles. The molecular weight excluding hydrogens is 329 g/mol. The SMILES string of the molecule is CCc1ccccc1Nc1cnnc(Nc2ccc(F)c(Cl)c2)n1. The molecular formula is C17H15ClFN5. The highest BCUT2D eigenvalue weighted by atomic mass is 35.5. The smallest absolute Gasteiger partial charge is 0.249 e. The molecule has 7 heteroatoms. The van der Waals surface area contributed by atoms with Gasteiger partial charge in [-0.2, -0.15) is 10.1 Å². The van der Waals surface area contributed by atoms with Gasteiger partial charge in [0.1, 0.15) is 5.82 Å². The second kappa shape index (κ2) is 7.23. The van der Waals surface area contributed by atoms with E-state index in [9.17, 15) is 4.39 Å². The molecule has 2 N–H and O–H groups in total. The largest absolute Gasteiger partial charge is 0.339 e. The van der Waals surface area contributed by atoms with Crippen molar-refractivity contribution in [3.05, 3.63) is 65.1 Å². The fraction of sp³-hybridized carbons (Fsp3) is 0.118. The lowest BCUT2D eigenvalue weighted by Crippen LogP contribution is -2.03. The first kappa shape index (κ1) is 16.1.